The number of ketones is 2. The topological polar surface area (TPSA) is 78.2 Å². The molecular weight excluding hydrogens is 532 g/mol. The van der Waals surface area contributed by atoms with Crippen LogP contribution < -0.4 is 0 Å². The minimum atomic E-state index is -0.550. The first-order valence-corrected chi connectivity index (χ1v) is 17.1. The number of nitriles is 1. The van der Waals surface area contributed by atoms with E-state index in [4.69, 9.17) is 0 Å². The molecule has 5 nitrogen and oxygen atoms in total. The number of nitrogens with zero attached hydrogens (tertiary/aromatic N) is 2. The maximum atomic E-state index is 14.3. The first kappa shape index (κ1) is 35.3. The van der Waals surface area contributed by atoms with Crippen molar-refractivity contribution in [3.05, 3.63) is 23.3 Å². The van der Waals surface area contributed by atoms with Gasteiger partial charge >= 0.3 is 0 Å². The molecule has 1 saturated carbocycles. The van der Waals surface area contributed by atoms with Crippen LogP contribution in [0.25, 0.3) is 0 Å². The summed E-state index contributed by atoms with van der Waals surface area (Å²) in [5.74, 6) is 0.0337. The zero-order chi connectivity index (χ0) is 32.4. The van der Waals surface area contributed by atoms with Crippen molar-refractivity contribution in [2.75, 3.05) is 13.1 Å². The number of amides is 1. The van der Waals surface area contributed by atoms with E-state index in [1.54, 1.807) is 6.92 Å². The number of rotatable bonds is 11. The summed E-state index contributed by atoms with van der Waals surface area (Å²) in [5.41, 5.74) is -0.0874. The molecule has 2 fully saturated rings. The molecule has 0 bridgehead atoms. The predicted molar refractivity (Wildman–Crippen MR) is 175 cm³/mol. The first-order chi connectivity index (χ1) is 19.9. The number of Topliss-reactive ketones (excluding diaryl/α,β-unsaturated/α-hetero) is 1. The number of hydrogen-bond acceptors (Lipinski definition) is 4. The molecule has 5 atom stereocenters. The van der Waals surface area contributed by atoms with Crippen LogP contribution in [0.4, 0.5) is 0 Å². The van der Waals surface area contributed by atoms with Gasteiger partial charge in [0.2, 0.25) is 5.91 Å². The number of carbonyl (C=O) groups is 3. The molecule has 5 heteroatoms. The van der Waals surface area contributed by atoms with E-state index < -0.39 is 10.8 Å². The van der Waals surface area contributed by atoms with Crippen molar-refractivity contribution in [3.8, 4) is 6.07 Å². The van der Waals surface area contributed by atoms with Gasteiger partial charge in [-0.05, 0) is 99.4 Å². The zero-order valence-corrected chi connectivity index (χ0v) is 29.1. The van der Waals surface area contributed by atoms with Crippen LogP contribution >= 0.6 is 0 Å². The quantitative estimate of drug-likeness (QED) is 0.224. The molecule has 0 unspecified atom stereocenters. The third-order valence-corrected chi connectivity index (χ3v) is 12.3. The molecule has 0 radical (unpaired) electrons. The average Bonchev–Trinajstić information content (AvgIpc) is 2.95. The second kappa shape index (κ2) is 13.0. The molecule has 0 aromatic rings. The number of piperidine rings is 1. The SMILES string of the molecule is CCCC(C)(C)CC[C@@](C)(CCC(C)(C)[C@]1(C)CC[C@H]2[C@H](C)C(=O)C(C#N)=C[C@]2(C)/C1=C/C(C)=O)C(=O)N1CCCCC1. The first-order valence-electron chi connectivity index (χ1n) is 17.1. The van der Waals surface area contributed by atoms with Crippen molar-refractivity contribution in [2.24, 2.45) is 38.9 Å². The lowest BCUT2D eigenvalue weighted by atomic mass is 9.44. The Kier molecular flexibility index (Phi) is 10.7. The van der Waals surface area contributed by atoms with E-state index in [2.05, 4.69) is 66.4 Å². The molecule has 0 aromatic carbocycles. The van der Waals surface area contributed by atoms with Crippen LogP contribution in [-0.2, 0) is 14.4 Å². The van der Waals surface area contributed by atoms with Gasteiger partial charge in [-0.15, -0.1) is 0 Å². The smallest absolute Gasteiger partial charge is 0.228 e. The van der Waals surface area contributed by atoms with Gasteiger partial charge in [0, 0.05) is 29.8 Å². The number of likely N-dealkylation sites (tertiary alicyclic amines) is 1. The van der Waals surface area contributed by atoms with Crippen LogP contribution in [-0.4, -0.2) is 35.5 Å². The zero-order valence-electron chi connectivity index (χ0n) is 29.1. The number of hydrogen-bond donors (Lipinski definition) is 0. The molecule has 43 heavy (non-hydrogen) atoms. The maximum Gasteiger partial charge on any atom is 0.228 e. The molecule has 2 aliphatic carbocycles. The van der Waals surface area contributed by atoms with Crippen molar-refractivity contribution in [1.29, 1.82) is 5.26 Å². The van der Waals surface area contributed by atoms with Gasteiger partial charge in [0.25, 0.3) is 0 Å². The highest BCUT2D eigenvalue weighted by Crippen LogP contribution is 2.65. The van der Waals surface area contributed by atoms with Crippen LogP contribution in [0.2, 0.25) is 0 Å². The van der Waals surface area contributed by atoms with E-state index in [1.807, 2.05) is 19.1 Å². The second-order valence-electron chi connectivity index (χ2n) is 16.5. The molecule has 240 valence electrons. The Labute approximate surface area is 262 Å². The highest BCUT2D eigenvalue weighted by molar-refractivity contribution is 6.02. The summed E-state index contributed by atoms with van der Waals surface area (Å²) in [6.45, 7) is 23.5. The lowest BCUT2D eigenvalue weighted by Crippen LogP contribution is -2.53. The summed E-state index contributed by atoms with van der Waals surface area (Å²) < 4.78 is 0. The summed E-state index contributed by atoms with van der Waals surface area (Å²) in [7, 11) is 0. The Balaban J connectivity index is 2.00. The van der Waals surface area contributed by atoms with Crippen LogP contribution in [0, 0.1) is 50.2 Å². The Bertz CT molecular complexity index is 1180. The molecule has 1 aliphatic heterocycles. The fourth-order valence-electron chi connectivity index (χ4n) is 8.83. The molecule has 1 heterocycles. The normalized spacial score (nSPS) is 30.7. The van der Waals surface area contributed by atoms with Gasteiger partial charge in [0.15, 0.2) is 11.6 Å². The Hall–Kier alpha value is -2.22. The standard InChI is InChI=1S/C38H60N2O3/c1-11-16-34(4,5)18-20-36(8,33(43)40-22-13-12-14-23-40)21-19-35(6,7)38(10)17-15-30-28(3)32(42)29(26-39)25-37(30,9)31(38)24-27(2)41/h24-25,28,30H,11-23H2,1-10H3/b31-24-/t28-,30-,36-,37-,38+/m0/s1. The van der Waals surface area contributed by atoms with Gasteiger partial charge in [-0.1, -0.05) is 80.4 Å². The van der Waals surface area contributed by atoms with Gasteiger partial charge in [0.05, 0.1) is 5.57 Å². The fraction of sp³-hybridized carbons (Fsp3) is 0.789. The second-order valence-corrected chi connectivity index (χ2v) is 16.5. The minimum absolute atomic E-state index is 0.00127. The van der Waals surface area contributed by atoms with Crippen molar-refractivity contribution < 1.29 is 14.4 Å². The molecule has 1 saturated heterocycles. The van der Waals surface area contributed by atoms with Gasteiger partial charge < -0.3 is 4.90 Å². The number of fused-ring (bicyclic) bond motifs is 1. The third kappa shape index (κ3) is 7.04. The Morgan fingerprint density at radius 1 is 1.02 bits per heavy atom. The summed E-state index contributed by atoms with van der Waals surface area (Å²) >= 11 is 0. The van der Waals surface area contributed by atoms with Gasteiger partial charge in [-0.2, -0.15) is 5.26 Å². The third-order valence-electron chi connectivity index (χ3n) is 12.3. The molecule has 3 rings (SSSR count). The van der Waals surface area contributed by atoms with Crippen LogP contribution in [0.5, 0.6) is 0 Å². The monoisotopic (exact) mass is 592 g/mol. The molecular formula is C38H60N2O3. The minimum Gasteiger partial charge on any atom is -0.342 e. The van der Waals surface area contributed by atoms with Gasteiger partial charge in [0.1, 0.15) is 6.07 Å². The maximum absolute atomic E-state index is 14.3. The van der Waals surface area contributed by atoms with Gasteiger partial charge in [-0.25, -0.2) is 0 Å². The van der Waals surface area contributed by atoms with Crippen molar-refractivity contribution in [1.82, 2.24) is 4.90 Å². The van der Waals surface area contributed by atoms with E-state index >= 15 is 0 Å². The van der Waals surface area contributed by atoms with Crippen molar-refractivity contribution >= 4 is 17.5 Å². The Morgan fingerprint density at radius 3 is 2.19 bits per heavy atom. The fourth-order valence-corrected chi connectivity index (χ4v) is 8.83. The molecule has 3 aliphatic rings. The lowest BCUT2D eigenvalue weighted by molar-refractivity contribution is -0.144. The largest absolute Gasteiger partial charge is 0.342 e. The number of carbonyl (C=O) groups excluding carboxylic acids is 3. The Morgan fingerprint density at radius 2 is 1.63 bits per heavy atom. The lowest BCUT2D eigenvalue weighted by Gasteiger charge is -2.59. The summed E-state index contributed by atoms with van der Waals surface area (Å²) in [6, 6.07) is 2.16. The summed E-state index contributed by atoms with van der Waals surface area (Å²) in [4.78, 5) is 42.2. The summed E-state index contributed by atoms with van der Waals surface area (Å²) in [6.07, 6.45) is 14.7. The molecule has 0 aromatic heterocycles. The van der Waals surface area contributed by atoms with E-state index in [0.717, 1.165) is 82.9 Å². The van der Waals surface area contributed by atoms with Crippen LogP contribution in [0.3, 0.4) is 0 Å². The summed E-state index contributed by atoms with van der Waals surface area (Å²) in [5, 5.41) is 9.86. The highest BCUT2D eigenvalue weighted by atomic mass is 16.2. The predicted octanol–water partition coefficient (Wildman–Crippen LogP) is 9.02. The molecule has 1 amide bonds. The van der Waals surface area contributed by atoms with Crippen LogP contribution in [0.15, 0.2) is 23.3 Å². The van der Waals surface area contributed by atoms with Crippen LogP contribution in [0.1, 0.15) is 140 Å². The average molecular weight is 593 g/mol. The van der Waals surface area contributed by atoms with E-state index in [0.29, 0.717) is 5.91 Å². The van der Waals surface area contributed by atoms with E-state index in [9.17, 15) is 19.6 Å². The van der Waals surface area contributed by atoms with E-state index in [1.165, 1.54) is 6.42 Å². The number of allylic oxidation sites excluding steroid dienone is 4. The molecule has 0 spiro atoms. The van der Waals surface area contributed by atoms with E-state index in [-0.39, 0.29) is 45.2 Å². The highest BCUT2D eigenvalue weighted by Gasteiger charge is 2.58. The molecule has 0 N–H and O–H groups in total. The van der Waals surface area contributed by atoms with Crippen molar-refractivity contribution in [3.63, 3.8) is 0 Å². The van der Waals surface area contributed by atoms with Gasteiger partial charge in [-0.3, -0.25) is 14.4 Å². The van der Waals surface area contributed by atoms with Crippen molar-refractivity contribution in [2.45, 2.75) is 140 Å².